The molecular formula is C13H16N2O. The van der Waals surface area contributed by atoms with Crippen LogP contribution >= 0.6 is 0 Å². The van der Waals surface area contributed by atoms with Gasteiger partial charge in [-0.2, -0.15) is 5.26 Å². The quantitative estimate of drug-likeness (QED) is 0.844. The number of ether oxygens (including phenoxy) is 1. The maximum atomic E-state index is 8.69. The van der Waals surface area contributed by atoms with Crippen molar-refractivity contribution in [1.82, 2.24) is 0 Å². The molecule has 3 heteroatoms. The number of rotatable bonds is 3. The van der Waals surface area contributed by atoms with E-state index in [4.69, 9.17) is 10.00 Å². The first-order valence-corrected chi connectivity index (χ1v) is 5.68. The number of hydrogen-bond acceptors (Lipinski definition) is 3. The predicted octanol–water partition coefficient (Wildman–Crippen LogP) is 2.54. The molecule has 1 fully saturated rings. The van der Waals surface area contributed by atoms with Gasteiger partial charge in [-0.3, -0.25) is 0 Å². The average Bonchev–Trinajstić information content (AvgIpc) is 2.83. The molecule has 1 aromatic rings. The number of hydrogen-bond donors (Lipinski definition) is 1. The van der Waals surface area contributed by atoms with Crippen LogP contribution in [0.15, 0.2) is 24.3 Å². The molecule has 2 atom stereocenters. The Morgan fingerprint density at radius 2 is 2.19 bits per heavy atom. The molecule has 1 aromatic carbocycles. The molecule has 1 aliphatic heterocycles. The smallest absolute Gasteiger partial charge is 0.0991 e. The van der Waals surface area contributed by atoms with Crippen molar-refractivity contribution in [2.24, 2.45) is 0 Å². The van der Waals surface area contributed by atoms with Gasteiger partial charge in [0.2, 0.25) is 0 Å². The second-order valence-electron chi connectivity index (χ2n) is 4.17. The van der Waals surface area contributed by atoms with E-state index < -0.39 is 0 Å². The number of nitrogens with zero attached hydrogens (tertiary/aromatic N) is 1. The van der Waals surface area contributed by atoms with E-state index in [0.29, 0.717) is 17.7 Å². The predicted molar refractivity (Wildman–Crippen MR) is 63.2 cm³/mol. The average molecular weight is 216 g/mol. The van der Waals surface area contributed by atoms with E-state index in [9.17, 15) is 0 Å². The molecule has 0 saturated carbocycles. The molecular weight excluding hydrogens is 200 g/mol. The molecule has 2 rings (SSSR count). The Kier molecular flexibility index (Phi) is 3.43. The summed E-state index contributed by atoms with van der Waals surface area (Å²) in [6.07, 6.45) is 2.60. The fourth-order valence-electron chi connectivity index (χ4n) is 1.99. The molecule has 0 radical (unpaired) electrons. The number of nitriles is 1. The SMILES string of the molecule is CC(Nc1ccc(C#N)cc1)C1CCCO1. The van der Waals surface area contributed by atoms with Gasteiger partial charge in [-0.1, -0.05) is 0 Å². The van der Waals surface area contributed by atoms with Crippen molar-refractivity contribution in [3.63, 3.8) is 0 Å². The largest absolute Gasteiger partial charge is 0.380 e. The van der Waals surface area contributed by atoms with Crippen molar-refractivity contribution in [2.45, 2.75) is 31.9 Å². The Hall–Kier alpha value is -1.53. The van der Waals surface area contributed by atoms with Crippen LogP contribution in [0.2, 0.25) is 0 Å². The highest BCUT2D eigenvalue weighted by molar-refractivity contribution is 5.47. The van der Waals surface area contributed by atoms with E-state index >= 15 is 0 Å². The van der Waals surface area contributed by atoms with Gasteiger partial charge in [-0.15, -0.1) is 0 Å². The Labute approximate surface area is 96.0 Å². The van der Waals surface area contributed by atoms with Gasteiger partial charge in [0.05, 0.1) is 17.7 Å². The monoisotopic (exact) mass is 216 g/mol. The van der Waals surface area contributed by atoms with Crippen LogP contribution in [0.1, 0.15) is 25.3 Å². The molecule has 0 spiro atoms. The van der Waals surface area contributed by atoms with E-state index in [1.807, 2.05) is 24.3 Å². The lowest BCUT2D eigenvalue weighted by Gasteiger charge is -2.21. The highest BCUT2D eigenvalue weighted by atomic mass is 16.5. The van der Waals surface area contributed by atoms with Crippen molar-refractivity contribution in [3.8, 4) is 6.07 Å². The van der Waals surface area contributed by atoms with Gasteiger partial charge in [0.15, 0.2) is 0 Å². The van der Waals surface area contributed by atoms with E-state index in [1.165, 1.54) is 0 Å². The molecule has 16 heavy (non-hydrogen) atoms. The fraction of sp³-hybridized carbons (Fsp3) is 0.462. The second kappa shape index (κ2) is 5.00. The summed E-state index contributed by atoms with van der Waals surface area (Å²) in [5.74, 6) is 0. The first kappa shape index (κ1) is 11.0. The molecule has 1 aliphatic rings. The summed E-state index contributed by atoms with van der Waals surface area (Å²) in [7, 11) is 0. The van der Waals surface area contributed by atoms with Crippen molar-refractivity contribution in [3.05, 3.63) is 29.8 Å². The standard InChI is InChI=1S/C13H16N2O/c1-10(13-3-2-8-16-13)15-12-6-4-11(9-14)5-7-12/h4-7,10,13,15H,2-3,8H2,1H3. The molecule has 1 heterocycles. The molecule has 1 saturated heterocycles. The summed E-state index contributed by atoms with van der Waals surface area (Å²) in [6, 6.07) is 9.94. The fourth-order valence-corrected chi connectivity index (χ4v) is 1.99. The third-order valence-electron chi connectivity index (χ3n) is 2.93. The van der Waals surface area contributed by atoms with Crippen molar-refractivity contribution >= 4 is 5.69 Å². The van der Waals surface area contributed by atoms with Gasteiger partial charge in [0.25, 0.3) is 0 Å². The zero-order chi connectivity index (χ0) is 11.4. The number of benzene rings is 1. The van der Waals surface area contributed by atoms with Crippen LogP contribution in [0.3, 0.4) is 0 Å². The highest BCUT2D eigenvalue weighted by Crippen LogP contribution is 2.19. The van der Waals surface area contributed by atoms with E-state index in [-0.39, 0.29) is 0 Å². The topological polar surface area (TPSA) is 45.0 Å². The summed E-state index contributed by atoms with van der Waals surface area (Å²) in [4.78, 5) is 0. The van der Waals surface area contributed by atoms with Crippen LogP contribution in [-0.2, 0) is 4.74 Å². The molecule has 0 bridgehead atoms. The molecule has 3 nitrogen and oxygen atoms in total. The summed E-state index contributed by atoms with van der Waals surface area (Å²) < 4.78 is 5.62. The lowest BCUT2D eigenvalue weighted by Crippen LogP contribution is -2.29. The first-order valence-electron chi connectivity index (χ1n) is 5.68. The Morgan fingerprint density at radius 1 is 1.44 bits per heavy atom. The molecule has 2 unspecified atom stereocenters. The van der Waals surface area contributed by atoms with Crippen LogP contribution in [0.25, 0.3) is 0 Å². The van der Waals surface area contributed by atoms with Crippen LogP contribution < -0.4 is 5.32 Å². The maximum absolute atomic E-state index is 8.69. The van der Waals surface area contributed by atoms with Gasteiger partial charge >= 0.3 is 0 Å². The molecule has 0 amide bonds. The van der Waals surface area contributed by atoms with Crippen LogP contribution in [0, 0.1) is 11.3 Å². The molecule has 0 aromatic heterocycles. The van der Waals surface area contributed by atoms with Crippen molar-refractivity contribution in [2.75, 3.05) is 11.9 Å². The third-order valence-corrected chi connectivity index (χ3v) is 2.93. The first-order chi connectivity index (χ1) is 7.79. The van der Waals surface area contributed by atoms with Crippen LogP contribution in [0.5, 0.6) is 0 Å². The third kappa shape index (κ3) is 2.53. The molecule has 0 aliphatic carbocycles. The van der Waals surface area contributed by atoms with Crippen LogP contribution in [0.4, 0.5) is 5.69 Å². The highest BCUT2D eigenvalue weighted by Gasteiger charge is 2.21. The Morgan fingerprint density at radius 3 is 2.75 bits per heavy atom. The van der Waals surface area contributed by atoms with E-state index in [0.717, 1.165) is 25.1 Å². The lowest BCUT2D eigenvalue weighted by molar-refractivity contribution is 0.0996. The van der Waals surface area contributed by atoms with Crippen molar-refractivity contribution in [1.29, 1.82) is 5.26 Å². The zero-order valence-electron chi connectivity index (χ0n) is 9.44. The summed E-state index contributed by atoms with van der Waals surface area (Å²) >= 11 is 0. The van der Waals surface area contributed by atoms with Crippen LogP contribution in [-0.4, -0.2) is 18.8 Å². The minimum absolute atomic E-state index is 0.315. The van der Waals surface area contributed by atoms with Gasteiger partial charge in [0.1, 0.15) is 0 Å². The Bertz CT molecular complexity index is 374. The lowest BCUT2D eigenvalue weighted by atomic mass is 10.1. The van der Waals surface area contributed by atoms with E-state index in [2.05, 4.69) is 18.3 Å². The number of anilines is 1. The molecule has 84 valence electrons. The van der Waals surface area contributed by atoms with Crippen molar-refractivity contribution < 1.29 is 4.74 Å². The normalized spacial score (nSPS) is 21.4. The van der Waals surface area contributed by atoms with Gasteiger partial charge < -0.3 is 10.1 Å². The van der Waals surface area contributed by atoms with Gasteiger partial charge in [-0.05, 0) is 44.0 Å². The zero-order valence-corrected chi connectivity index (χ0v) is 9.44. The summed E-state index contributed by atoms with van der Waals surface area (Å²) in [6.45, 7) is 3.01. The summed E-state index contributed by atoms with van der Waals surface area (Å²) in [5.41, 5.74) is 1.73. The minimum atomic E-state index is 0.315. The van der Waals surface area contributed by atoms with E-state index in [1.54, 1.807) is 0 Å². The second-order valence-corrected chi connectivity index (χ2v) is 4.17. The molecule has 1 N–H and O–H groups in total. The maximum Gasteiger partial charge on any atom is 0.0991 e. The minimum Gasteiger partial charge on any atom is -0.380 e. The van der Waals surface area contributed by atoms with Gasteiger partial charge in [-0.25, -0.2) is 0 Å². The van der Waals surface area contributed by atoms with Gasteiger partial charge in [0, 0.05) is 18.3 Å². The summed E-state index contributed by atoms with van der Waals surface area (Å²) in [5, 5.41) is 12.1. The number of nitrogens with one attached hydrogen (secondary N) is 1. The Balaban J connectivity index is 1.95.